The number of ketones is 3. The standard InChI is InChI=1S/C14H12O3/c1-7-4-14(17)13-6-12(9(3)16)11(8(2)15)5-10(7)13/h5-6H,1,4H2,2-3H3. The monoisotopic (exact) mass is 228 g/mol. The molecule has 0 aliphatic heterocycles. The number of Topliss-reactive ketones (excluding diaryl/α,β-unsaturated/α-hetero) is 3. The van der Waals surface area contributed by atoms with Crippen LogP contribution in [-0.2, 0) is 0 Å². The van der Waals surface area contributed by atoms with Crippen LogP contribution in [0.4, 0.5) is 0 Å². The van der Waals surface area contributed by atoms with E-state index >= 15 is 0 Å². The highest BCUT2D eigenvalue weighted by Gasteiger charge is 2.26. The van der Waals surface area contributed by atoms with Gasteiger partial charge in [-0.1, -0.05) is 6.58 Å². The molecular weight excluding hydrogens is 216 g/mol. The smallest absolute Gasteiger partial charge is 0.167 e. The number of carbonyl (C=O) groups is 3. The van der Waals surface area contributed by atoms with Gasteiger partial charge in [0.2, 0.25) is 0 Å². The van der Waals surface area contributed by atoms with E-state index in [0.29, 0.717) is 27.8 Å². The summed E-state index contributed by atoms with van der Waals surface area (Å²) in [6, 6.07) is 3.14. The van der Waals surface area contributed by atoms with Gasteiger partial charge in [-0.05, 0) is 37.1 Å². The van der Waals surface area contributed by atoms with Gasteiger partial charge in [-0.3, -0.25) is 14.4 Å². The summed E-state index contributed by atoms with van der Waals surface area (Å²) >= 11 is 0. The molecule has 0 atom stereocenters. The normalized spacial score (nSPS) is 13.8. The van der Waals surface area contributed by atoms with E-state index in [4.69, 9.17) is 0 Å². The Morgan fingerprint density at radius 3 is 2.00 bits per heavy atom. The number of allylic oxidation sites excluding steroid dienone is 1. The maximum atomic E-state index is 11.7. The van der Waals surface area contributed by atoms with E-state index in [1.54, 1.807) is 6.07 Å². The first-order valence-corrected chi connectivity index (χ1v) is 5.33. The third-order valence-electron chi connectivity index (χ3n) is 2.97. The predicted octanol–water partition coefficient (Wildman–Crippen LogP) is 2.69. The maximum absolute atomic E-state index is 11.7. The van der Waals surface area contributed by atoms with Gasteiger partial charge < -0.3 is 0 Å². The van der Waals surface area contributed by atoms with E-state index in [1.807, 2.05) is 0 Å². The molecule has 2 rings (SSSR count). The summed E-state index contributed by atoms with van der Waals surface area (Å²) in [6.07, 6.45) is 0.272. The highest BCUT2D eigenvalue weighted by molar-refractivity contribution is 6.15. The highest BCUT2D eigenvalue weighted by Crippen LogP contribution is 2.33. The van der Waals surface area contributed by atoms with Crippen molar-refractivity contribution in [3.63, 3.8) is 0 Å². The Morgan fingerprint density at radius 1 is 1.06 bits per heavy atom. The first-order valence-electron chi connectivity index (χ1n) is 5.33. The average Bonchev–Trinajstić information content (AvgIpc) is 2.52. The largest absolute Gasteiger partial charge is 0.294 e. The zero-order valence-corrected chi connectivity index (χ0v) is 9.79. The van der Waals surface area contributed by atoms with Gasteiger partial charge in [0.15, 0.2) is 17.3 Å². The molecule has 0 radical (unpaired) electrons. The van der Waals surface area contributed by atoms with Gasteiger partial charge in [0.05, 0.1) is 0 Å². The van der Waals surface area contributed by atoms with Crippen LogP contribution in [-0.4, -0.2) is 17.3 Å². The first kappa shape index (κ1) is 11.5. The molecule has 1 aromatic carbocycles. The Morgan fingerprint density at radius 2 is 1.53 bits per heavy atom. The van der Waals surface area contributed by atoms with Crippen molar-refractivity contribution in [1.29, 1.82) is 0 Å². The second-order valence-corrected chi connectivity index (χ2v) is 4.26. The van der Waals surface area contributed by atoms with Crippen molar-refractivity contribution in [3.8, 4) is 0 Å². The number of hydrogen-bond acceptors (Lipinski definition) is 3. The highest BCUT2D eigenvalue weighted by atomic mass is 16.1. The molecule has 3 heteroatoms. The zero-order valence-electron chi connectivity index (χ0n) is 9.79. The van der Waals surface area contributed by atoms with Crippen molar-refractivity contribution in [1.82, 2.24) is 0 Å². The van der Waals surface area contributed by atoms with Gasteiger partial charge in [-0.2, -0.15) is 0 Å². The summed E-state index contributed by atoms with van der Waals surface area (Å²) in [7, 11) is 0. The van der Waals surface area contributed by atoms with Crippen molar-refractivity contribution >= 4 is 22.9 Å². The van der Waals surface area contributed by atoms with Gasteiger partial charge in [-0.15, -0.1) is 0 Å². The quantitative estimate of drug-likeness (QED) is 0.731. The lowest BCUT2D eigenvalue weighted by Gasteiger charge is -2.07. The van der Waals surface area contributed by atoms with E-state index in [1.165, 1.54) is 19.9 Å². The van der Waals surface area contributed by atoms with Crippen molar-refractivity contribution < 1.29 is 14.4 Å². The Labute approximate surface area is 99.1 Å². The fourth-order valence-corrected chi connectivity index (χ4v) is 2.09. The Bertz CT molecular complexity index is 528. The lowest BCUT2D eigenvalue weighted by Crippen LogP contribution is -2.06. The van der Waals surface area contributed by atoms with Crippen LogP contribution in [0, 0.1) is 0 Å². The lowest BCUT2D eigenvalue weighted by molar-refractivity contribution is 0.0979. The molecule has 0 saturated heterocycles. The molecule has 0 saturated carbocycles. The van der Waals surface area contributed by atoms with Crippen LogP contribution in [0.1, 0.15) is 56.9 Å². The van der Waals surface area contributed by atoms with Crippen molar-refractivity contribution in [2.75, 3.05) is 0 Å². The van der Waals surface area contributed by atoms with E-state index < -0.39 is 0 Å². The number of benzene rings is 1. The molecule has 0 amide bonds. The van der Waals surface area contributed by atoms with E-state index in [-0.39, 0.29) is 23.8 Å². The summed E-state index contributed by atoms with van der Waals surface area (Å²) in [6.45, 7) is 6.61. The molecule has 3 nitrogen and oxygen atoms in total. The topological polar surface area (TPSA) is 51.2 Å². The van der Waals surface area contributed by atoms with Gasteiger partial charge in [0.1, 0.15) is 0 Å². The van der Waals surface area contributed by atoms with E-state index in [9.17, 15) is 14.4 Å². The fraction of sp³-hybridized carbons (Fsp3) is 0.214. The summed E-state index contributed by atoms with van der Waals surface area (Å²) in [5.41, 5.74) is 2.60. The first-order chi connectivity index (χ1) is 7.91. The third kappa shape index (κ3) is 1.73. The van der Waals surface area contributed by atoms with Crippen LogP contribution in [0.5, 0.6) is 0 Å². The van der Waals surface area contributed by atoms with Crippen LogP contribution in [0.3, 0.4) is 0 Å². The molecule has 0 fully saturated rings. The molecule has 0 unspecified atom stereocenters. The molecule has 17 heavy (non-hydrogen) atoms. The van der Waals surface area contributed by atoms with Gasteiger partial charge in [0, 0.05) is 23.1 Å². The maximum Gasteiger partial charge on any atom is 0.167 e. The molecule has 0 aromatic heterocycles. The van der Waals surface area contributed by atoms with Crippen LogP contribution in [0.15, 0.2) is 18.7 Å². The zero-order chi connectivity index (χ0) is 12.7. The second-order valence-electron chi connectivity index (χ2n) is 4.26. The summed E-state index contributed by atoms with van der Waals surface area (Å²) in [5.74, 6) is -0.420. The molecule has 0 N–H and O–H groups in total. The molecule has 1 aromatic rings. The number of rotatable bonds is 2. The Hall–Kier alpha value is -2.03. The Kier molecular flexibility index (Phi) is 2.54. The summed E-state index contributed by atoms with van der Waals surface area (Å²) in [4.78, 5) is 34.6. The van der Waals surface area contributed by atoms with Crippen molar-refractivity contribution in [2.45, 2.75) is 20.3 Å². The van der Waals surface area contributed by atoms with Crippen LogP contribution < -0.4 is 0 Å². The Balaban J connectivity index is 2.76. The molecule has 1 aliphatic rings. The SMILES string of the molecule is C=C1CC(=O)c2cc(C(C)=O)c(C(C)=O)cc21. The average molecular weight is 228 g/mol. The van der Waals surface area contributed by atoms with Gasteiger partial charge >= 0.3 is 0 Å². The lowest BCUT2D eigenvalue weighted by atomic mass is 9.95. The number of hydrogen-bond donors (Lipinski definition) is 0. The van der Waals surface area contributed by atoms with Gasteiger partial charge in [-0.25, -0.2) is 0 Å². The van der Waals surface area contributed by atoms with Gasteiger partial charge in [0.25, 0.3) is 0 Å². The van der Waals surface area contributed by atoms with Crippen molar-refractivity contribution in [2.24, 2.45) is 0 Å². The molecule has 86 valence electrons. The summed E-state index contributed by atoms with van der Waals surface area (Å²) < 4.78 is 0. The predicted molar refractivity (Wildman–Crippen MR) is 64.4 cm³/mol. The molecule has 0 bridgehead atoms. The molecule has 1 aliphatic carbocycles. The molecule has 0 heterocycles. The molecule has 0 spiro atoms. The van der Waals surface area contributed by atoms with E-state index in [0.717, 1.165) is 0 Å². The van der Waals surface area contributed by atoms with E-state index in [2.05, 4.69) is 6.58 Å². The second kappa shape index (κ2) is 3.77. The minimum atomic E-state index is -0.205. The van der Waals surface area contributed by atoms with Crippen LogP contribution in [0.25, 0.3) is 5.57 Å². The summed E-state index contributed by atoms with van der Waals surface area (Å²) in [5, 5.41) is 0. The van der Waals surface area contributed by atoms with Crippen LogP contribution in [0.2, 0.25) is 0 Å². The van der Waals surface area contributed by atoms with Crippen molar-refractivity contribution in [3.05, 3.63) is 41.0 Å². The fourth-order valence-electron chi connectivity index (χ4n) is 2.09. The molecular formula is C14H12O3. The third-order valence-corrected chi connectivity index (χ3v) is 2.97. The minimum absolute atomic E-state index is 0.0393. The number of fused-ring (bicyclic) bond motifs is 1. The number of carbonyl (C=O) groups excluding carboxylic acids is 3. The minimum Gasteiger partial charge on any atom is -0.294 e. The van der Waals surface area contributed by atoms with Crippen LogP contribution >= 0.6 is 0 Å².